The molecule has 0 spiro atoms. The highest BCUT2D eigenvalue weighted by molar-refractivity contribution is 5.75. The molecule has 0 fully saturated rings. The molecule has 0 aliphatic carbocycles. The van der Waals surface area contributed by atoms with Gasteiger partial charge in [-0.15, -0.1) is 0 Å². The Balaban J connectivity index is 2.31. The molecular formula is C18H21NO2. The van der Waals surface area contributed by atoms with Crippen LogP contribution >= 0.6 is 0 Å². The van der Waals surface area contributed by atoms with Crippen molar-refractivity contribution in [3.8, 4) is 0 Å². The van der Waals surface area contributed by atoms with Crippen LogP contribution in [0.5, 0.6) is 0 Å². The third kappa shape index (κ3) is 3.92. The molecule has 0 bridgehead atoms. The average Bonchev–Trinajstić information content (AvgIpc) is 2.49. The van der Waals surface area contributed by atoms with Crippen LogP contribution < -0.4 is 5.73 Å². The molecule has 0 heterocycles. The lowest BCUT2D eigenvalue weighted by Gasteiger charge is -2.25. The third-order valence-corrected chi connectivity index (χ3v) is 3.46. The van der Waals surface area contributed by atoms with Gasteiger partial charge in [-0.2, -0.15) is 0 Å². The molecule has 0 saturated carbocycles. The Morgan fingerprint density at radius 1 is 0.905 bits per heavy atom. The maximum Gasteiger partial charge on any atom is 0.322 e. The number of hydrogen-bond acceptors (Lipinski definition) is 3. The fourth-order valence-electron chi connectivity index (χ4n) is 2.41. The van der Waals surface area contributed by atoms with Crippen molar-refractivity contribution in [1.29, 1.82) is 0 Å². The molecule has 0 amide bonds. The van der Waals surface area contributed by atoms with Gasteiger partial charge in [-0.05, 0) is 25.0 Å². The lowest BCUT2D eigenvalue weighted by atomic mass is 9.87. The molecule has 0 aromatic heterocycles. The first-order valence-corrected chi connectivity index (χ1v) is 7.15. The van der Waals surface area contributed by atoms with E-state index in [0.29, 0.717) is 0 Å². The molecule has 2 N–H and O–H groups in total. The second kappa shape index (κ2) is 7.04. The Morgan fingerprint density at radius 3 is 1.71 bits per heavy atom. The number of nitrogens with two attached hydrogens (primary N) is 1. The quantitative estimate of drug-likeness (QED) is 0.858. The highest BCUT2D eigenvalue weighted by atomic mass is 16.5. The van der Waals surface area contributed by atoms with Gasteiger partial charge in [-0.1, -0.05) is 60.7 Å². The van der Waals surface area contributed by atoms with E-state index in [2.05, 4.69) is 0 Å². The number of rotatable bonds is 5. The minimum atomic E-state index is -0.611. The van der Waals surface area contributed by atoms with E-state index in [1.165, 1.54) is 0 Å². The van der Waals surface area contributed by atoms with Crippen LogP contribution in [0, 0.1) is 0 Å². The van der Waals surface area contributed by atoms with Crippen molar-refractivity contribution in [1.82, 2.24) is 0 Å². The summed E-state index contributed by atoms with van der Waals surface area (Å²) in [7, 11) is 0. The van der Waals surface area contributed by atoms with Gasteiger partial charge in [-0.3, -0.25) is 4.79 Å². The van der Waals surface area contributed by atoms with Crippen LogP contribution in [0.25, 0.3) is 0 Å². The van der Waals surface area contributed by atoms with Gasteiger partial charge in [0.05, 0.1) is 0 Å². The topological polar surface area (TPSA) is 52.3 Å². The molecule has 3 nitrogen and oxygen atoms in total. The molecule has 2 atom stereocenters. The maximum absolute atomic E-state index is 11.8. The molecule has 2 aromatic rings. The summed E-state index contributed by atoms with van der Waals surface area (Å²) >= 11 is 0. The summed E-state index contributed by atoms with van der Waals surface area (Å²) in [5.41, 5.74) is 7.83. The van der Waals surface area contributed by atoms with E-state index in [1.807, 2.05) is 67.6 Å². The maximum atomic E-state index is 11.8. The van der Waals surface area contributed by atoms with E-state index in [0.717, 1.165) is 11.1 Å². The molecule has 110 valence electrons. The molecular weight excluding hydrogens is 262 g/mol. The molecule has 0 aliphatic rings. The van der Waals surface area contributed by atoms with Crippen LogP contribution in [0.4, 0.5) is 0 Å². The van der Waals surface area contributed by atoms with Gasteiger partial charge in [0.2, 0.25) is 0 Å². The normalized spacial score (nSPS) is 13.7. The summed E-state index contributed by atoms with van der Waals surface area (Å²) in [6, 6.07) is 19.5. The second-order valence-corrected chi connectivity index (χ2v) is 5.23. The molecule has 2 unspecified atom stereocenters. The van der Waals surface area contributed by atoms with Crippen molar-refractivity contribution >= 4 is 5.97 Å². The molecule has 0 aliphatic heterocycles. The summed E-state index contributed by atoms with van der Waals surface area (Å²) in [4.78, 5) is 11.8. The fraction of sp³-hybridized carbons (Fsp3) is 0.278. The van der Waals surface area contributed by atoms with Crippen LogP contribution in [0.1, 0.15) is 30.9 Å². The van der Waals surface area contributed by atoms with Crippen LogP contribution in [0.15, 0.2) is 60.7 Å². The summed E-state index contributed by atoms with van der Waals surface area (Å²) in [6.45, 7) is 3.54. The number of carbonyl (C=O) groups is 1. The van der Waals surface area contributed by atoms with Crippen molar-refractivity contribution in [2.75, 3.05) is 0 Å². The van der Waals surface area contributed by atoms with E-state index in [9.17, 15) is 4.79 Å². The lowest BCUT2D eigenvalue weighted by molar-refractivity contribution is -0.149. The predicted molar refractivity (Wildman–Crippen MR) is 83.9 cm³/mol. The zero-order valence-corrected chi connectivity index (χ0v) is 12.4. The van der Waals surface area contributed by atoms with Gasteiger partial charge in [-0.25, -0.2) is 0 Å². The summed E-state index contributed by atoms with van der Waals surface area (Å²) in [6.07, 6.45) is -0.284. The Labute approximate surface area is 125 Å². The van der Waals surface area contributed by atoms with E-state index in [1.54, 1.807) is 6.92 Å². The second-order valence-electron chi connectivity index (χ2n) is 5.23. The highest BCUT2D eigenvalue weighted by Gasteiger charge is 2.25. The Bertz CT molecular complexity index is 527. The highest BCUT2D eigenvalue weighted by Crippen LogP contribution is 2.29. The molecule has 21 heavy (non-hydrogen) atoms. The van der Waals surface area contributed by atoms with Gasteiger partial charge < -0.3 is 10.5 Å². The zero-order chi connectivity index (χ0) is 15.2. The van der Waals surface area contributed by atoms with Gasteiger partial charge in [0.25, 0.3) is 0 Å². The number of carbonyl (C=O) groups excluding carboxylic acids is 1. The Kier molecular flexibility index (Phi) is 5.12. The van der Waals surface area contributed by atoms with Gasteiger partial charge >= 0.3 is 5.97 Å². The van der Waals surface area contributed by atoms with E-state index in [4.69, 9.17) is 10.5 Å². The number of esters is 1. The van der Waals surface area contributed by atoms with Crippen molar-refractivity contribution in [2.45, 2.75) is 31.9 Å². The first-order chi connectivity index (χ1) is 10.1. The van der Waals surface area contributed by atoms with Crippen molar-refractivity contribution < 1.29 is 9.53 Å². The summed E-state index contributed by atoms with van der Waals surface area (Å²) in [5.74, 6) is -0.380. The molecule has 2 rings (SSSR count). The summed E-state index contributed by atoms with van der Waals surface area (Å²) in [5, 5.41) is 0. The monoisotopic (exact) mass is 283 g/mol. The standard InChI is InChI=1S/C18H21NO2/c1-13(19)18(20)21-14(2)17(15-9-5-3-6-10-15)16-11-7-4-8-12-16/h3-14,17H,19H2,1-2H3. The minimum Gasteiger partial charge on any atom is -0.461 e. The van der Waals surface area contributed by atoms with Crippen LogP contribution in [0.3, 0.4) is 0 Å². The van der Waals surface area contributed by atoms with Gasteiger partial charge in [0.15, 0.2) is 0 Å². The molecule has 2 aromatic carbocycles. The third-order valence-electron chi connectivity index (χ3n) is 3.46. The van der Waals surface area contributed by atoms with Gasteiger partial charge in [0.1, 0.15) is 12.1 Å². The zero-order valence-electron chi connectivity index (χ0n) is 12.4. The number of ether oxygens (including phenoxy) is 1. The average molecular weight is 283 g/mol. The van der Waals surface area contributed by atoms with Crippen LogP contribution in [-0.2, 0) is 9.53 Å². The first kappa shape index (κ1) is 15.3. The van der Waals surface area contributed by atoms with Crippen LogP contribution in [-0.4, -0.2) is 18.1 Å². The van der Waals surface area contributed by atoms with Crippen LogP contribution in [0.2, 0.25) is 0 Å². The van der Waals surface area contributed by atoms with Gasteiger partial charge in [0, 0.05) is 5.92 Å². The summed E-state index contributed by atoms with van der Waals surface area (Å²) < 4.78 is 5.52. The van der Waals surface area contributed by atoms with Crippen molar-refractivity contribution in [3.63, 3.8) is 0 Å². The molecule has 0 saturated heterocycles. The SMILES string of the molecule is CC(N)C(=O)OC(C)C(c1ccccc1)c1ccccc1. The lowest BCUT2D eigenvalue weighted by Crippen LogP contribution is -2.33. The Hall–Kier alpha value is -2.13. The largest absolute Gasteiger partial charge is 0.461 e. The number of hydrogen-bond donors (Lipinski definition) is 1. The molecule has 3 heteroatoms. The first-order valence-electron chi connectivity index (χ1n) is 7.15. The van der Waals surface area contributed by atoms with Crippen molar-refractivity contribution in [3.05, 3.63) is 71.8 Å². The minimum absolute atomic E-state index is 0.00454. The Morgan fingerprint density at radius 2 is 1.33 bits per heavy atom. The number of benzene rings is 2. The molecule has 0 radical (unpaired) electrons. The van der Waals surface area contributed by atoms with Crippen molar-refractivity contribution in [2.24, 2.45) is 5.73 Å². The van der Waals surface area contributed by atoms with E-state index < -0.39 is 6.04 Å². The fourth-order valence-corrected chi connectivity index (χ4v) is 2.41. The van der Waals surface area contributed by atoms with E-state index >= 15 is 0 Å². The van der Waals surface area contributed by atoms with E-state index in [-0.39, 0.29) is 18.0 Å². The smallest absolute Gasteiger partial charge is 0.322 e. The predicted octanol–water partition coefficient (Wildman–Crippen LogP) is 3.10.